The fraction of sp³-hybridized carbons (Fsp3) is 0.147. The van der Waals surface area contributed by atoms with Crippen LogP contribution >= 0.6 is 54.8 Å². The van der Waals surface area contributed by atoms with Crippen LogP contribution < -0.4 is 19.6 Å². The molecule has 47 heavy (non-hydrogen) atoms. The monoisotopic (exact) mass is 804 g/mol. The van der Waals surface area contributed by atoms with Crippen molar-refractivity contribution in [2.75, 3.05) is 6.61 Å². The summed E-state index contributed by atoms with van der Waals surface area (Å²) in [7, 11) is 0. The zero-order valence-corrected chi connectivity index (χ0v) is 29.0. The number of alkyl halides is 3. The van der Waals surface area contributed by atoms with Crippen LogP contribution in [0, 0.1) is 0 Å². The van der Waals surface area contributed by atoms with Crippen molar-refractivity contribution < 1.29 is 27.4 Å². The summed E-state index contributed by atoms with van der Waals surface area (Å²) in [6.45, 7) is 1.51. The third-order valence-corrected chi connectivity index (χ3v) is 9.64. The molecule has 0 amide bonds. The number of halogens is 6. The molecule has 1 aliphatic heterocycles. The first-order valence-corrected chi connectivity index (χ1v) is 16.9. The summed E-state index contributed by atoms with van der Waals surface area (Å²) in [6, 6.07) is 21.8. The van der Waals surface area contributed by atoms with E-state index in [4.69, 9.17) is 21.1 Å². The van der Waals surface area contributed by atoms with Crippen molar-refractivity contribution in [3.63, 3.8) is 0 Å². The lowest BCUT2D eigenvalue weighted by Gasteiger charge is -2.26. The molecule has 6 nitrogen and oxygen atoms in total. The minimum atomic E-state index is -5.01. The number of rotatable bonds is 7. The van der Waals surface area contributed by atoms with E-state index in [-0.39, 0.29) is 28.1 Å². The maximum Gasteiger partial charge on any atom is 0.434 e. The lowest BCUT2D eigenvalue weighted by atomic mass is 9.95. The van der Waals surface area contributed by atoms with E-state index >= 15 is 0 Å². The summed E-state index contributed by atoms with van der Waals surface area (Å²) in [5.74, 6) is -0.803. The van der Waals surface area contributed by atoms with Gasteiger partial charge in [-0.25, -0.2) is 9.79 Å². The van der Waals surface area contributed by atoms with E-state index in [9.17, 15) is 22.8 Å². The molecule has 13 heteroatoms. The summed E-state index contributed by atoms with van der Waals surface area (Å²) < 4.78 is 57.2. The summed E-state index contributed by atoms with van der Waals surface area (Å²) in [4.78, 5) is 30.8. The van der Waals surface area contributed by atoms with Gasteiger partial charge in [0.2, 0.25) is 0 Å². The molecule has 0 bridgehead atoms. The Morgan fingerprint density at radius 3 is 2.51 bits per heavy atom. The van der Waals surface area contributed by atoms with Gasteiger partial charge in [-0.2, -0.15) is 13.2 Å². The third kappa shape index (κ3) is 6.69. The molecule has 0 saturated carbocycles. The number of hydrogen-bond acceptors (Lipinski definition) is 6. The quantitative estimate of drug-likeness (QED) is 0.156. The lowest BCUT2D eigenvalue weighted by Crippen LogP contribution is -2.41. The molecule has 0 unspecified atom stereocenters. The molecule has 0 radical (unpaired) electrons. The van der Waals surface area contributed by atoms with Crippen LogP contribution in [-0.4, -0.2) is 23.3 Å². The topological polar surface area (TPSA) is 69.9 Å². The highest BCUT2D eigenvalue weighted by atomic mass is 79.9. The standard InChI is InChI=1S/C34H22Br2ClF3N2O4S/c1-2-45-32(44)27-28(19-10-12-23(37)13-11-19)42-31(43)26(47-33(42)41-30(27)34(38,39)40)15-21-14-22(35)16-25(36)29(21)46-17-20-8-5-7-18-6-3-4-9-24(18)20/h3-16,28H,2,17H2,1H3/b26-15-/t28-/m1/s1. The van der Waals surface area contributed by atoms with Gasteiger partial charge in [0.1, 0.15) is 12.4 Å². The largest absolute Gasteiger partial charge is 0.487 e. The number of carbonyl (C=O) groups excluding carboxylic acids is 1. The second kappa shape index (κ2) is 13.4. The van der Waals surface area contributed by atoms with Gasteiger partial charge in [-0.05, 0) is 75.1 Å². The molecule has 0 spiro atoms. The number of hydrogen-bond donors (Lipinski definition) is 0. The van der Waals surface area contributed by atoms with Gasteiger partial charge < -0.3 is 9.47 Å². The Hall–Kier alpha value is -3.71. The second-order valence-electron chi connectivity index (χ2n) is 10.3. The van der Waals surface area contributed by atoms with Crippen LogP contribution in [0.4, 0.5) is 13.2 Å². The Kier molecular flexibility index (Phi) is 9.48. The van der Waals surface area contributed by atoms with E-state index in [1.165, 1.54) is 37.3 Å². The minimum absolute atomic E-state index is 0.0781. The zero-order valence-electron chi connectivity index (χ0n) is 24.3. The molecule has 1 aromatic heterocycles. The van der Waals surface area contributed by atoms with Crippen molar-refractivity contribution in [2.24, 2.45) is 4.99 Å². The van der Waals surface area contributed by atoms with Gasteiger partial charge in [0.05, 0.1) is 27.2 Å². The number of esters is 1. The fourth-order valence-electron chi connectivity index (χ4n) is 5.35. The molecular formula is C34H22Br2ClF3N2O4S. The molecule has 0 saturated heterocycles. The number of benzene rings is 4. The van der Waals surface area contributed by atoms with Gasteiger partial charge in [-0.3, -0.25) is 9.36 Å². The molecule has 4 aromatic carbocycles. The smallest absolute Gasteiger partial charge is 0.434 e. The Balaban J connectivity index is 1.52. The molecule has 0 aliphatic carbocycles. The molecule has 2 heterocycles. The van der Waals surface area contributed by atoms with Crippen LogP contribution in [0.1, 0.15) is 29.7 Å². The van der Waals surface area contributed by atoms with Crippen LogP contribution in [0.3, 0.4) is 0 Å². The molecular weight excluding hydrogens is 785 g/mol. The van der Waals surface area contributed by atoms with E-state index in [1.54, 1.807) is 12.1 Å². The SMILES string of the molecule is CCOC(=O)C1=C(C(F)(F)F)N=c2s/c(=C\c3cc(Br)cc(Br)c3OCc3cccc4ccccc34)c(=O)n2[C@@H]1c1ccc(Cl)cc1. The van der Waals surface area contributed by atoms with Crippen molar-refractivity contribution in [1.82, 2.24) is 4.57 Å². The van der Waals surface area contributed by atoms with Gasteiger partial charge in [-0.1, -0.05) is 93.5 Å². The number of fused-ring (bicyclic) bond motifs is 2. The first-order valence-electron chi connectivity index (χ1n) is 14.1. The molecule has 5 aromatic rings. The number of nitrogens with zero attached hydrogens (tertiary/aromatic N) is 2. The van der Waals surface area contributed by atoms with Crippen molar-refractivity contribution in [1.29, 1.82) is 0 Å². The van der Waals surface area contributed by atoms with E-state index < -0.39 is 35.0 Å². The number of ether oxygens (including phenoxy) is 2. The van der Waals surface area contributed by atoms with Crippen LogP contribution in [0.25, 0.3) is 16.8 Å². The van der Waals surface area contributed by atoms with Gasteiger partial charge in [0, 0.05) is 15.1 Å². The Labute approximate surface area is 291 Å². The fourth-order valence-corrected chi connectivity index (χ4v) is 7.84. The number of carbonyl (C=O) groups is 1. The number of allylic oxidation sites excluding steroid dienone is 1. The van der Waals surface area contributed by atoms with Crippen LogP contribution in [0.2, 0.25) is 5.02 Å². The third-order valence-electron chi connectivity index (χ3n) is 7.36. The average molecular weight is 807 g/mol. The molecule has 240 valence electrons. The van der Waals surface area contributed by atoms with Crippen LogP contribution in [0.15, 0.2) is 109 Å². The predicted octanol–water partition coefficient (Wildman–Crippen LogP) is 8.25. The van der Waals surface area contributed by atoms with E-state index in [0.29, 0.717) is 25.3 Å². The molecule has 1 aliphatic rings. The van der Waals surface area contributed by atoms with Crippen molar-refractivity contribution in [3.8, 4) is 5.75 Å². The molecule has 0 N–H and O–H groups in total. The van der Waals surface area contributed by atoms with E-state index in [2.05, 4.69) is 36.9 Å². The summed E-state index contributed by atoms with van der Waals surface area (Å²) in [6.07, 6.45) is -3.47. The maximum atomic E-state index is 14.5. The van der Waals surface area contributed by atoms with Crippen molar-refractivity contribution in [3.05, 3.63) is 140 Å². The van der Waals surface area contributed by atoms with E-state index in [0.717, 1.165) is 32.2 Å². The van der Waals surface area contributed by atoms with Gasteiger partial charge in [0.25, 0.3) is 5.56 Å². The summed E-state index contributed by atoms with van der Waals surface area (Å²) in [5.41, 5.74) is -1.20. The minimum Gasteiger partial charge on any atom is -0.487 e. The summed E-state index contributed by atoms with van der Waals surface area (Å²) in [5, 5.41) is 2.41. The molecule has 6 rings (SSSR count). The Bertz CT molecular complexity index is 2240. The molecule has 1 atom stereocenters. The normalized spacial score (nSPS) is 15.0. The van der Waals surface area contributed by atoms with E-state index in [1.807, 2.05) is 42.5 Å². The lowest BCUT2D eigenvalue weighted by molar-refractivity contribution is -0.140. The van der Waals surface area contributed by atoms with Crippen molar-refractivity contribution in [2.45, 2.75) is 25.7 Å². The second-order valence-corrected chi connectivity index (χ2v) is 13.6. The predicted molar refractivity (Wildman–Crippen MR) is 182 cm³/mol. The first-order chi connectivity index (χ1) is 22.5. The number of aromatic nitrogens is 1. The van der Waals surface area contributed by atoms with Gasteiger partial charge >= 0.3 is 12.1 Å². The number of thiazole rings is 1. The molecule has 0 fully saturated rings. The first kappa shape index (κ1) is 33.2. The van der Waals surface area contributed by atoms with Crippen LogP contribution in [0.5, 0.6) is 5.75 Å². The Morgan fingerprint density at radius 1 is 1.06 bits per heavy atom. The van der Waals surface area contributed by atoms with Gasteiger partial charge in [0.15, 0.2) is 10.5 Å². The highest BCUT2D eigenvalue weighted by Crippen LogP contribution is 2.39. The van der Waals surface area contributed by atoms with Crippen molar-refractivity contribution >= 4 is 77.6 Å². The zero-order chi connectivity index (χ0) is 33.5. The highest BCUT2D eigenvalue weighted by Gasteiger charge is 2.45. The average Bonchev–Trinajstić information content (AvgIpc) is 3.34. The van der Waals surface area contributed by atoms with Gasteiger partial charge in [-0.15, -0.1) is 0 Å². The van der Waals surface area contributed by atoms with Crippen LogP contribution in [-0.2, 0) is 16.1 Å². The summed E-state index contributed by atoms with van der Waals surface area (Å²) >= 11 is 13.9. The maximum absolute atomic E-state index is 14.5. The Morgan fingerprint density at radius 2 is 1.79 bits per heavy atom. The highest BCUT2D eigenvalue weighted by molar-refractivity contribution is 9.11.